The van der Waals surface area contributed by atoms with Gasteiger partial charge in [0.25, 0.3) is 10.2 Å². The van der Waals surface area contributed by atoms with Crippen LogP contribution in [0.2, 0.25) is 5.02 Å². The highest BCUT2D eigenvalue weighted by Crippen LogP contribution is 2.23. The van der Waals surface area contributed by atoms with E-state index in [4.69, 9.17) is 11.6 Å². The molecule has 19 heavy (non-hydrogen) atoms. The van der Waals surface area contributed by atoms with E-state index >= 15 is 0 Å². The van der Waals surface area contributed by atoms with Crippen LogP contribution >= 0.6 is 11.6 Å². The summed E-state index contributed by atoms with van der Waals surface area (Å²) in [6.07, 6.45) is 1.68. The van der Waals surface area contributed by atoms with Crippen LogP contribution in [-0.2, 0) is 10.2 Å². The molecule has 2 rings (SSSR count). The molecule has 0 atom stereocenters. The number of rotatable bonds is 3. The Morgan fingerprint density at radius 3 is 2.42 bits per heavy atom. The van der Waals surface area contributed by atoms with E-state index in [0.29, 0.717) is 37.0 Å². The molecule has 1 saturated heterocycles. The first-order valence-electron chi connectivity index (χ1n) is 5.96. The highest BCUT2D eigenvalue weighted by molar-refractivity contribution is 7.86. The number of anilines is 1. The van der Waals surface area contributed by atoms with Gasteiger partial charge in [0.05, 0.1) is 5.02 Å². The summed E-state index contributed by atoms with van der Waals surface area (Å²) in [4.78, 5) is 6.24. The molecule has 0 spiro atoms. The SMILES string of the molecule is CN(C)S(=O)(=O)N1CCN(c2ncccc2Cl)CC1. The molecule has 0 radical (unpaired) electrons. The van der Waals surface area contributed by atoms with Crippen LogP contribution in [0, 0.1) is 0 Å². The summed E-state index contributed by atoms with van der Waals surface area (Å²) in [5, 5.41) is 0.589. The molecular weight excluding hydrogens is 288 g/mol. The Bertz CT molecular complexity index is 541. The quantitative estimate of drug-likeness (QED) is 0.823. The first kappa shape index (κ1) is 14.5. The monoisotopic (exact) mass is 304 g/mol. The summed E-state index contributed by atoms with van der Waals surface area (Å²) in [6, 6.07) is 3.56. The number of hydrogen-bond donors (Lipinski definition) is 0. The normalized spacial score (nSPS) is 18.0. The second-order valence-corrected chi connectivity index (χ2v) is 7.03. The van der Waals surface area contributed by atoms with Crippen LogP contribution in [0.1, 0.15) is 0 Å². The number of nitrogens with zero attached hydrogens (tertiary/aromatic N) is 4. The Hall–Kier alpha value is -0.890. The summed E-state index contributed by atoms with van der Waals surface area (Å²) in [7, 11) is -0.251. The van der Waals surface area contributed by atoms with Crippen molar-refractivity contribution in [3.8, 4) is 0 Å². The third kappa shape index (κ3) is 3.00. The third-order valence-corrected chi connectivity index (χ3v) is 5.30. The zero-order valence-corrected chi connectivity index (χ0v) is 12.5. The van der Waals surface area contributed by atoms with E-state index in [1.54, 1.807) is 18.3 Å². The van der Waals surface area contributed by atoms with E-state index in [9.17, 15) is 8.42 Å². The van der Waals surface area contributed by atoms with Gasteiger partial charge in [-0.25, -0.2) is 4.98 Å². The Labute approximate surface area is 118 Å². The van der Waals surface area contributed by atoms with Gasteiger partial charge < -0.3 is 4.90 Å². The minimum atomic E-state index is -3.33. The fourth-order valence-electron chi connectivity index (χ4n) is 1.97. The minimum Gasteiger partial charge on any atom is -0.353 e. The van der Waals surface area contributed by atoms with Gasteiger partial charge >= 0.3 is 0 Å². The van der Waals surface area contributed by atoms with Gasteiger partial charge in [-0.1, -0.05) is 11.6 Å². The lowest BCUT2D eigenvalue weighted by molar-refractivity contribution is 0.355. The van der Waals surface area contributed by atoms with E-state index in [0.717, 1.165) is 0 Å². The predicted octanol–water partition coefficient (Wildman–Crippen LogP) is 0.663. The topological polar surface area (TPSA) is 56.8 Å². The fourth-order valence-corrected chi connectivity index (χ4v) is 3.30. The summed E-state index contributed by atoms with van der Waals surface area (Å²) in [6.45, 7) is 2.05. The van der Waals surface area contributed by atoms with Crippen LogP contribution in [0.15, 0.2) is 18.3 Å². The van der Waals surface area contributed by atoms with E-state index in [2.05, 4.69) is 4.98 Å². The molecule has 0 amide bonds. The van der Waals surface area contributed by atoms with Crippen molar-refractivity contribution in [2.45, 2.75) is 0 Å². The maximum absolute atomic E-state index is 12.0. The van der Waals surface area contributed by atoms with E-state index in [-0.39, 0.29) is 0 Å². The van der Waals surface area contributed by atoms with E-state index in [1.165, 1.54) is 22.7 Å². The second kappa shape index (κ2) is 5.62. The molecule has 1 fully saturated rings. The molecule has 1 aromatic heterocycles. The van der Waals surface area contributed by atoms with Crippen LogP contribution in [-0.4, -0.2) is 62.3 Å². The summed E-state index contributed by atoms with van der Waals surface area (Å²) in [5.41, 5.74) is 0. The summed E-state index contributed by atoms with van der Waals surface area (Å²) >= 11 is 6.09. The molecule has 106 valence electrons. The van der Waals surface area contributed by atoms with Gasteiger partial charge in [-0.15, -0.1) is 0 Å². The lowest BCUT2D eigenvalue weighted by Crippen LogP contribution is -2.51. The number of halogens is 1. The van der Waals surface area contributed by atoms with Crippen molar-refractivity contribution in [1.82, 2.24) is 13.6 Å². The number of piperazine rings is 1. The number of aromatic nitrogens is 1. The molecule has 6 nitrogen and oxygen atoms in total. The van der Waals surface area contributed by atoms with Crippen LogP contribution in [0.5, 0.6) is 0 Å². The second-order valence-electron chi connectivity index (χ2n) is 4.49. The number of pyridine rings is 1. The largest absolute Gasteiger partial charge is 0.353 e. The average molecular weight is 305 g/mol. The summed E-state index contributed by atoms with van der Waals surface area (Å²) < 4.78 is 26.7. The fraction of sp³-hybridized carbons (Fsp3) is 0.545. The zero-order valence-electron chi connectivity index (χ0n) is 11.0. The molecule has 0 aromatic carbocycles. The zero-order chi connectivity index (χ0) is 14.0. The smallest absolute Gasteiger partial charge is 0.281 e. The number of hydrogen-bond acceptors (Lipinski definition) is 4. The van der Waals surface area contributed by atoms with E-state index < -0.39 is 10.2 Å². The van der Waals surface area contributed by atoms with Crippen molar-refractivity contribution in [3.63, 3.8) is 0 Å². The molecule has 0 bridgehead atoms. The highest BCUT2D eigenvalue weighted by Gasteiger charge is 2.29. The predicted molar refractivity (Wildman–Crippen MR) is 75.6 cm³/mol. The molecule has 1 aromatic rings. The maximum atomic E-state index is 12.0. The van der Waals surface area contributed by atoms with Gasteiger partial charge in [0.15, 0.2) is 0 Å². The molecule has 0 aliphatic carbocycles. The van der Waals surface area contributed by atoms with Gasteiger partial charge in [0, 0.05) is 46.5 Å². The molecule has 1 aliphatic heterocycles. The molecule has 1 aliphatic rings. The molecule has 8 heteroatoms. The molecule has 0 saturated carbocycles. The summed E-state index contributed by atoms with van der Waals surface area (Å²) in [5.74, 6) is 0.714. The van der Waals surface area contributed by atoms with E-state index in [1.807, 2.05) is 4.90 Å². The Morgan fingerprint density at radius 2 is 1.89 bits per heavy atom. The van der Waals surface area contributed by atoms with Gasteiger partial charge in [-0.3, -0.25) is 0 Å². The highest BCUT2D eigenvalue weighted by atomic mass is 35.5. The maximum Gasteiger partial charge on any atom is 0.281 e. The van der Waals surface area contributed by atoms with Gasteiger partial charge in [-0.2, -0.15) is 17.0 Å². The molecule has 0 unspecified atom stereocenters. The molecular formula is C11H17ClN4O2S. The van der Waals surface area contributed by atoms with Crippen LogP contribution in [0.4, 0.5) is 5.82 Å². The Kier molecular flexibility index (Phi) is 4.29. The first-order chi connectivity index (χ1) is 8.93. The van der Waals surface area contributed by atoms with Gasteiger partial charge in [-0.05, 0) is 12.1 Å². The van der Waals surface area contributed by atoms with Crippen molar-refractivity contribution < 1.29 is 8.42 Å². The van der Waals surface area contributed by atoms with Gasteiger partial charge in [0.1, 0.15) is 5.82 Å². The van der Waals surface area contributed by atoms with Crippen molar-refractivity contribution in [3.05, 3.63) is 23.4 Å². The minimum absolute atomic E-state index is 0.438. The third-order valence-electron chi connectivity index (χ3n) is 3.06. The first-order valence-corrected chi connectivity index (χ1v) is 7.73. The lowest BCUT2D eigenvalue weighted by atomic mass is 10.3. The van der Waals surface area contributed by atoms with Crippen molar-refractivity contribution in [2.24, 2.45) is 0 Å². The van der Waals surface area contributed by atoms with Crippen molar-refractivity contribution in [2.75, 3.05) is 45.2 Å². The van der Waals surface area contributed by atoms with Crippen LogP contribution in [0.3, 0.4) is 0 Å². The van der Waals surface area contributed by atoms with Gasteiger partial charge in [0.2, 0.25) is 0 Å². The molecule has 2 heterocycles. The Morgan fingerprint density at radius 1 is 1.26 bits per heavy atom. The lowest BCUT2D eigenvalue weighted by Gasteiger charge is -2.35. The van der Waals surface area contributed by atoms with Crippen LogP contribution < -0.4 is 4.90 Å². The van der Waals surface area contributed by atoms with Crippen molar-refractivity contribution in [1.29, 1.82) is 0 Å². The van der Waals surface area contributed by atoms with Crippen molar-refractivity contribution >= 4 is 27.6 Å². The Balaban J connectivity index is 2.06. The average Bonchev–Trinajstić information content (AvgIpc) is 2.39. The molecule has 0 N–H and O–H groups in total. The van der Waals surface area contributed by atoms with Crippen LogP contribution in [0.25, 0.3) is 0 Å². The standard InChI is InChI=1S/C11H17ClN4O2S/c1-14(2)19(17,18)16-8-6-15(7-9-16)11-10(12)4-3-5-13-11/h3-5H,6-9H2,1-2H3.